The van der Waals surface area contributed by atoms with Crippen LogP contribution in [0.5, 0.6) is 0 Å². The maximum absolute atomic E-state index is 13.4. The highest BCUT2D eigenvalue weighted by Crippen LogP contribution is 2.39. The number of nitrogens with zero attached hydrogens (tertiary/aromatic N) is 5. The minimum atomic E-state index is -4.67. The molecule has 2 heterocycles. The SMILES string of the molecule is O=[N+]([O-])c1ccc(N2CCCN(c3cccnn3)CC2)c(C(F)(F)F)c1. The van der Waals surface area contributed by atoms with Gasteiger partial charge >= 0.3 is 6.18 Å². The molecule has 0 spiro atoms. The van der Waals surface area contributed by atoms with Crippen LogP contribution in [0.3, 0.4) is 0 Å². The molecule has 26 heavy (non-hydrogen) atoms. The van der Waals surface area contributed by atoms with E-state index in [1.807, 2.05) is 4.90 Å². The first-order chi connectivity index (χ1) is 12.4. The normalized spacial score (nSPS) is 15.7. The number of anilines is 2. The molecule has 138 valence electrons. The first-order valence-electron chi connectivity index (χ1n) is 7.99. The summed E-state index contributed by atoms with van der Waals surface area (Å²) >= 11 is 0. The number of halogens is 3. The number of benzene rings is 1. The van der Waals surface area contributed by atoms with Gasteiger partial charge in [-0.1, -0.05) is 0 Å². The standard InChI is InChI=1S/C16H16F3N5O2/c17-16(18,19)13-11-12(24(25)26)4-5-14(13)22-7-2-8-23(10-9-22)15-3-1-6-20-21-15/h1,3-6,11H,2,7-10H2. The van der Waals surface area contributed by atoms with E-state index in [0.29, 0.717) is 44.5 Å². The van der Waals surface area contributed by atoms with Crippen molar-refractivity contribution in [2.45, 2.75) is 12.6 Å². The Morgan fingerprint density at radius 2 is 1.81 bits per heavy atom. The third kappa shape index (κ3) is 3.84. The van der Waals surface area contributed by atoms with Gasteiger partial charge in [-0.25, -0.2) is 0 Å². The second kappa shape index (κ2) is 7.14. The van der Waals surface area contributed by atoms with E-state index in [9.17, 15) is 23.3 Å². The van der Waals surface area contributed by atoms with Crippen molar-refractivity contribution in [3.05, 3.63) is 52.2 Å². The molecule has 0 saturated carbocycles. The summed E-state index contributed by atoms with van der Waals surface area (Å²) in [7, 11) is 0. The lowest BCUT2D eigenvalue weighted by Crippen LogP contribution is -2.32. The molecule has 1 saturated heterocycles. The molecule has 1 aromatic heterocycles. The zero-order chi connectivity index (χ0) is 18.7. The highest BCUT2D eigenvalue weighted by molar-refractivity contribution is 5.59. The van der Waals surface area contributed by atoms with Crippen LogP contribution in [-0.2, 0) is 6.18 Å². The van der Waals surface area contributed by atoms with E-state index >= 15 is 0 Å². The molecule has 0 aliphatic carbocycles. The number of non-ortho nitro benzene ring substituents is 1. The predicted octanol–water partition coefficient (Wildman–Crippen LogP) is 3.12. The fourth-order valence-electron chi connectivity index (χ4n) is 2.99. The topological polar surface area (TPSA) is 75.4 Å². The third-order valence-corrected chi connectivity index (χ3v) is 4.22. The summed E-state index contributed by atoms with van der Waals surface area (Å²) in [6.07, 6.45) is -2.48. The van der Waals surface area contributed by atoms with Crippen molar-refractivity contribution >= 4 is 17.2 Å². The Balaban J connectivity index is 1.86. The van der Waals surface area contributed by atoms with Gasteiger partial charge in [0.2, 0.25) is 0 Å². The van der Waals surface area contributed by atoms with Crippen molar-refractivity contribution in [2.24, 2.45) is 0 Å². The van der Waals surface area contributed by atoms with Crippen LogP contribution < -0.4 is 9.80 Å². The average molecular weight is 367 g/mol. The minimum Gasteiger partial charge on any atom is -0.369 e. The first-order valence-corrected chi connectivity index (χ1v) is 7.99. The fourth-order valence-corrected chi connectivity index (χ4v) is 2.99. The molecule has 1 fully saturated rings. The summed E-state index contributed by atoms with van der Waals surface area (Å²) in [4.78, 5) is 13.6. The Hall–Kier alpha value is -2.91. The van der Waals surface area contributed by atoms with E-state index in [4.69, 9.17) is 0 Å². The molecule has 0 atom stereocenters. The van der Waals surface area contributed by atoms with Crippen molar-refractivity contribution in [2.75, 3.05) is 36.0 Å². The molecule has 10 heteroatoms. The first kappa shape index (κ1) is 17.9. The van der Waals surface area contributed by atoms with Gasteiger partial charge in [-0.15, -0.1) is 5.10 Å². The van der Waals surface area contributed by atoms with Gasteiger partial charge in [-0.3, -0.25) is 10.1 Å². The summed E-state index contributed by atoms with van der Waals surface area (Å²) in [6.45, 7) is 1.88. The van der Waals surface area contributed by atoms with Crippen LogP contribution in [0.2, 0.25) is 0 Å². The maximum atomic E-state index is 13.4. The number of alkyl halides is 3. The van der Waals surface area contributed by atoms with E-state index in [0.717, 1.165) is 6.07 Å². The third-order valence-electron chi connectivity index (χ3n) is 4.22. The number of rotatable bonds is 3. The van der Waals surface area contributed by atoms with Crippen LogP contribution in [0, 0.1) is 10.1 Å². The molecular weight excluding hydrogens is 351 g/mol. The zero-order valence-corrected chi connectivity index (χ0v) is 13.7. The van der Waals surface area contributed by atoms with Gasteiger partial charge in [0.05, 0.1) is 10.5 Å². The Kier molecular flexibility index (Phi) is 4.92. The van der Waals surface area contributed by atoms with E-state index in [1.165, 1.54) is 6.07 Å². The van der Waals surface area contributed by atoms with Gasteiger partial charge in [-0.2, -0.15) is 18.3 Å². The molecule has 2 aromatic rings. The Labute approximate surface area is 147 Å². The number of hydrogen-bond acceptors (Lipinski definition) is 6. The van der Waals surface area contributed by atoms with Crippen molar-refractivity contribution in [1.82, 2.24) is 10.2 Å². The lowest BCUT2D eigenvalue weighted by Gasteiger charge is -2.26. The monoisotopic (exact) mass is 367 g/mol. The van der Waals surface area contributed by atoms with Gasteiger partial charge in [0.15, 0.2) is 5.82 Å². The molecule has 0 unspecified atom stereocenters. The highest BCUT2D eigenvalue weighted by atomic mass is 19.4. The molecule has 1 aromatic carbocycles. The van der Waals surface area contributed by atoms with E-state index in [1.54, 1.807) is 23.2 Å². The Morgan fingerprint density at radius 1 is 1.08 bits per heavy atom. The van der Waals surface area contributed by atoms with Gasteiger partial charge in [0.25, 0.3) is 5.69 Å². The van der Waals surface area contributed by atoms with Crippen molar-refractivity contribution in [1.29, 1.82) is 0 Å². The van der Waals surface area contributed by atoms with Crippen molar-refractivity contribution < 1.29 is 18.1 Å². The lowest BCUT2D eigenvalue weighted by molar-refractivity contribution is -0.385. The summed E-state index contributed by atoms with van der Waals surface area (Å²) in [6, 6.07) is 6.44. The van der Waals surface area contributed by atoms with Gasteiger partial charge < -0.3 is 9.80 Å². The second-order valence-electron chi connectivity index (χ2n) is 5.87. The smallest absolute Gasteiger partial charge is 0.369 e. The summed E-state index contributed by atoms with van der Waals surface area (Å²) < 4.78 is 40.2. The molecule has 0 N–H and O–H groups in total. The van der Waals surface area contributed by atoms with Crippen LogP contribution in [0.25, 0.3) is 0 Å². The van der Waals surface area contributed by atoms with Gasteiger partial charge in [0.1, 0.15) is 0 Å². The van der Waals surface area contributed by atoms with E-state index < -0.39 is 22.4 Å². The Bertz CT molecular complexity index is 785. The highest BCUT2D eigenvalue weighted by Gasteiger charge is 2.37. The summed E-state index contributed by atoms with van der Waals surface area (Å²) in [5.74, 6) is 0.675. The van der Waals surface area contributed by atoms with Crippen LogP contribution in [0.1, 0.15) is 12.0 Å². The summed E-state index contributed by atoms with van der Waals surface area (Å²) in [5, 5.41) is 18.7. The zero-order valence-electron chi connectivity index (χ0n) is 13.7. The van der Waals surface area contributed by atoms with Crippen LogP contribution in [0.4, 0.5) is 30.4 Å². The predicted molar refractivity (Wildman–Crippen MR) is 89.2 cm³/mol. The van der Waals surface area contributed by atoms with Gasteiger partial charge in [-0.05, 0) is 24.6 Å². The van der Waals surface area contributed by atoms with Gasteiger partial charge in [0, 0.05) is 50.2 Å². The van der Waals surface area contributed by atoms with Crippen LogP contribution in [0.15, 0.2) is 36.5 Å². The fraction of sp³-hybridized carbons (Fsp3) is 0.375. The Morgan fingerprint density at radius 3 is 2.46 bits per heavy atom. The lowest BCUT2D eigenvalue weighted by atomic mass is 10.1. The molecular formula is C16H16F3N5O2. The maximum Gasteiger partial charge on any atom is 0.418 e. The number of hydrogen-bond donors (Lipinski definition) is 0. The molecule has 1 aliphatic heterocycles. The largest absolute Gasteiger partial charge is 0.418 e. The molecule has 7 nitrogen and oxygen atoms in total. The van der Waals surface area contributed by atoms with E-state index in [-0.39, 0.29) is 5.69 Å². The minimum absolute atomic E-state index is 0.0379. The molecule has 0 amide bonds. The second-order valence-corrected chi connectivity index (χ2v) is 5.87. The van der Waals surface area contributed by atoms with E-state index in [2.05, 4.69) is 10.2 Å². The quantitative estimate of drug-likeness (QED) is 0.613. The number of nitro groups is 1. The average Bonchev–Trinajstić information content (AvgIpc) is 2.87. The van der Waals surface area contributed by atoms with Crippen LogP contribution in [-0.4, -0.2) is 41.3 Å². The molecule has 3 rings (SSSR count). The molecule has 0 radical (unpaired) electrons. The number of nitro benzene ring substituents is 1. The van der Waals surface area contributed by atoms with Crippen molar-refractivity contribution in [3.63, 3.8) is 0 Å². The van der Waals surface area contributed by atoms with Crippen molar-refractivity contribution in [3.8, 4) is 0 Å². The number of aromatic nitrogens is 2. The molecule has 1 aliphatic rings. The summed E-state index contributed by atoms with van der Waals surface area (Å²) in [5.41, 5.74) is -1.60. The molecule has 0 bridgehead atoms. The van der Waals surface area contributed by atoms with Crippen LogP contribution >= 0.6 is 0 Å².